The van der Waals surface area contributed by atoms with Crippen LogP contribution in [0.3, 0.4) is 0 Å². The molecule has 29 heavy (non-hydrogen) atoms. The van der Waals surface area contributed by atoms with Crippen molar-refractivity contribution in [3.63, 3.8) is 0 Å². The van der Waals surface area contributed by atoms with E-state index in [1.54, 1.807) is 31.2 Å². The lowest BCUT2D eigenvalue weighted by atomic mass is 9.93. The van der Waals surface area contributed by atoms with Crippen molar-refractivity contribution in [3.8, 4) is 11.1 Å². The molecule has 0 saturated carbocycles. The molecular weight excluding hydrogens is 396 g/mol. The summed E-state index contributed by atoms with van der Waals surface area (Å²) in [5.41, 5.74) is 6.86. The van der Waals surface area contributed by atoms with Crippen molar-refractivity contribution in [1.29, 1.82) is 0 Å². The Morgan fingerprint density at radius 2 is 1.69 bits per heavy atom. The molecular formula is C22H21F2NO3S. The van der Waals surface area contributed by atoms with Gasteiger partial charge in [0.15, 0.2) is 9.84 Å². The molecule has 3 aromatic rings. The van der Waals surface area contributed by atoms with Gasteiger partial charge in [-0.25, -0.2) is 17.2 Å². The van der Waals surface area contributed by atoms with Gasteiger partial charge >= 0.3 is 0 Å². The molecule has 1 unspecified atom stereocenters. The maximum atomic E-state index is 13.9. The molecule has 0 heterocycles. The number of nitrogens with two attached hydrogens (primary N) is 1. The van der Waals surface area contributed by atoms with Gasteiger partial charge < -0.3 is 10.8 Å². The lowest BCUT2D eigenvalue weighted by molar-refractivity contribution is 0.210. The second-order valence-corrected chi connectivity index (χ2v) is 9.17. The van der Waals surface area contributed by atoms with Crippen molar-refractivity contribution < 1.29 is 22.3 Å². The number of sulfone groups is 1. The Bertz CT molecular complexity index is 1130. The van der Waals surface area contributed by atoms with Gasteiger partial charge in [0.2, 0.25) is 0 Å². The minimum atomic E-state index is -3.66. The van der Waals surface area contributed by atoms with E-state index in [9.17, 15) is 22.3 Å². The summed E-state index contributed by atoms with van der Waals surface area (Å²) in [6.07, 6.45) is 0. The van der Waals surface area contributed by atoms with Crippen molar-refractivity contribution in [2.75, 3.05) is 6.61 Å². The third-order valence-corrected chi connectivity index (χ3v) is 6.43. The number of hydrogen-bond acceptors (Lipinski definition) is 4. The minimum absolute atomic E-state index is 0.0897. The summed E-state index contributed by atoms with van der Waals surface area (Å²) >= 11 is 0. The first kappa shape index (κ1) is 21.1. The van der Waals surface area contributed by atoms with Crippen LogP contribution < -0.4 is 5.73 Å². The van der Waals surface area contributed by atoms with Crippen LogP contribution in [-0.2, 0) is 21.1 Å². The summed E-state index contributed by atoms with van der Waals surface area (Å²) in [4.78, 5) is 0.0897. The van der Waals surface area contributed by atoms with Crippen molar-refractivity contribution in [3.05, 3.63) is 89.5 Å². The lowest BCUT2D eigenvalue weighted by Gasteiger charge is -2.22. The van der Waals surface area contributed by atoms with E-state index in [2.05, 4.69) is 0 Å². The fraction of sp³-hybridized carbons (Fsp3) is 0.182. The highest BCUT2D eigenvalue weighted by Gasteiger charge is 2.22. The summed E-state index contributed by atoms with van der Waals surface area (Å²) in [5, 5.41) is 9.41. The number of aliphatic hydroxyl groups is 1. The molecule has 3 rings (SSSR count). The predicted molar refractivity (Wildman–Crippen MR) is 108 cm³/mol. The van der Waals surface area contributed by atoms with E-state index < -0.39 is 27.0 Å². The Kier molecular flexibility index (Phi) is 5.84. The molecule has 0 amide bonds. The van der Waals surface area contributed by atoms with Crippen molar-refractivity contribution in [2.45, 2.75) is 23.1 Å². The molecule has 0 aliphatic heterocycles. The summed E-state index contributed by atoms with van der Waals surface area (Å²) in [7, 11) is -3.66. The van der Waals surface area contributed by atoms with E-state index in [1.807, 2.05) is 0 Å². The van der Waals surface area contributed by atoms with E-state index >= 15 is 0 Å². The third kappa shape index (κ3) is 4.70. The Balaban J connectivity index is 1.86. The van der Waals surface area contributed by atoms with Gasteiger partial charge in [-0.1, -0.05) is 36.4 Å². The maximum Gasteiger partial charge on any atom is 0.182 e. The van der Waals surface area contributed by atoms with Crippen LogP contribution in [-0.4, -0.2) is 20.1 Å². The zero-order valence-corrected chi connectivity index (χ0v) is 16.6. The Morgan fingerprint density at radius 1 is 1.00 bits per heavy atom. The van der Waals surface area contributed by atoms with Gasteiger partial charge in [0.25, 0.3) is 0 Å². The first-order chi connectivity index (χ1) is 13.6. The Hall–Kier alpha value is -2.61. The van der Waals surface area contributed by atoms with Gasteiger partial charge in [0.1, 0.15) is 11.6 Å². The van der Waals surface area contributed by atoms with Crippen LogP contribution in [0.15, 0.2) is 71.6 Å². The molecule has 1 atom stereocenters. The van der Waals surface area contributed by atoms with E-state index in [1.165, 1.54) is 30.3 Å². The highest BCUT2D eigenvalue weighted by atomic mass is 32.2. The minimum Gasteiger partial charge on any atom is -0.394 e. The predicted octanol–water partition coefficient (Wildman–Crippen LogP) is 3.77. The quantitative estimate of drug-likeness (QED) is 0.640. The molecule has 0 saturated heterocycles. The second kappa shape index (κ2) is 8.02. The fourth-order valence-corrected chi connectivity index (χ4v) is 4.31. The molecule has 7 heteroatoms. The fourth-order valence-electron chi connectivity index (χ4n) is 2.98. The van der Waals surface area contributed by atoms with Crippen LogP contribution in [0.1, 0.15) is 18.1 Å². The second-order valence-electron chi connectivity index (χ2n) is 7.18. The van der Waals surface area contributed by atoms with Crippen LogP contribution in [0.4, 0.5) is 8.78 Å². The van der Waals surface area contributed by atoms with Gasteiger partial charge in [-0.2, -0.15) is 0 Å². The Labute approximate surface area is 168 Å². The summed E-state index contributed by atoms with van der Waals surface area (Å²) in [6, 6.07) is 15.8. The monoisotopic (exact) mass is 417 g/mol. The average molecular weight is 417 g/mol. The zero-order chi connectivity index (χ0) is 21.2. The topological polar surface area (TPSA) is 80.4 Å². The van der Waals surface area contributed by atoms with Gasteiger partial charge in [0, 0.05) is 11.6 Å². The summed E-state index contributed by atoms with van der Waals surface area (Å²) in [5.74, 6) is -1.64. The SMILES string of the molecule is CC(N)(CO)c1cccc(CS(=O)(=O)c2ccc(-c3ccc(F)cc3F)cc2)c1. The highest BCUT2D eigenvalue weighted by Crippen LogP contribution is 2.26. The van der Waals surface area contributed by atoms with Crippen LogP contribution in [0.5, 0.6) is 0 Å². The van der Waals surface area contributed by atoms with Crippen LogP contribution in [0.25, 0.3) is 11.1 Å². The van der Waals surface area contributed by atoms with E-state index in [4.69, 9.17) is 5.73 Å². The molecule has 0 spiro atoms. The van der Waals surface area contributed by atoms with Gasteiger partial charge in [-0.15, -0.1) is 0 Å². The molecule has 3 N–H and O–H groups in total. The number of aliphatic hydroxyl groups excluding tert-OH is 1. The third-order valence-electron chi connectivity index (χ3n) is 4.73. The van der Waals surface area contributed by atoms with E-state index in [0.29, 0.717) is 16.7 Å². The van der Waals surface area contributed by atoms with E-state index in [0.717, 1.165) is 12.1 Å². The molecule has 0 aromatic heterocycles. The lowest BCUT2D eigenvalue weighted by Crippen LogP contribution is -2.37. The van der Waals surface area contributed by atoms with Gasteiger partial charge in [0.05, 0.1) is 22.8 Å². The molecule has 152 valence electrons. The molecule has 0 fully saturated rings. The number of benzene rings is 3. The Morgan fingerprint density at radius 3 is 2.31 bits per heavy atom. The van der Waals surface area contributed by atoms with Crippen LogP contribution in [0, 0.1) is 11.6 Å². The number of hydrogen-bond donors (Lipinski definition) is 2. The standard InChI is InChI=1S/C22H21F2NO3S/c1-22(25,14-26)17-4-2-3-15(11-17)13-29(27,28)19-8-5-16(6-9-19)20-10-7-18(23)12-21(20)24/h2-12,26H,13-14,25H2,1H3. The van der Waals surface area contributed by atoms with Gasteiger partial charge in [-0.3, -0.25) is 0 Å². The summed E-state index contributed by atoms with van der Waals surface area (Å²) < 4.78 is 52.6. The molecule has 0 aliphatic carbocycles. The van der Waals surface area contributed by atoms with Crippen LogP contribution in [0.2, 0.25) is 0 Å². The van der Waals surface area contributed by atoms with Gasteiger partial charge in [-0.05, 0) is 47.9 Å². The highest BCUT2D eigenvalue weighted by molar-refractivity contribution is 7.90. The van der Waals surface area contributed by atoms with E-state index in [-0.39, 0.29) is 22.8 Å². The average Bonchev–Trinajstić information content (AvgIpc) is 2.68. The molecule has 0 bridgehead atoms. The van der Waals surface area contributed by atoms with Crippen molar-refractivity contribution in [1.82, 2.24) is 0 Å². The normalized spacial score (nSPS) is 13.8. The summed E-state index contributed by atoms with van der Waals surface area (Å²) in [6.45, 7) is 1.39. The smallest absolute Gasteiger partial charge is 0.182 e. The molecule has 4 nitrogen and oxygen atoms in total. The largest absolute Gasteiger partial charge is 0.394 e. The number of halogens is 2. The maximum absolute atomic E-state index is 13.9. The molecule has 0 radical (unpaired) electrons. The van der Waals surface area contributed by atoms with Crippen molar-refractivity contribution >= 4 is 9.84 Å². The first-order valence-electron chi connectivity index (χ1n) is 8.90. The zero-order valence-electron chi connectivity index (χ0n) is 15.8. The van der Waals surface area contributed by atoms with Crippen LogP contribution >= 0.6 is 0 Å². The molecule has 0 aliphatic rings. The van der Waals surface area contributed by atoms with Crippen molar-refractivity contribution in [2.24, 2.45) is 5.73 Å². The number of rotatable bonds is 6. The molecule has 3 aromatic carbocycles. The first-order valence-corrected chi connectivity index (χ1v) is 10.5.